The minimum Gasteiger partial charge on any atom is -0.369 e. The van der Waals surface area contributed by atoms with Gasteiger partial charge in [-0.25, -0.2) is 4.90 Å². The smallest absolute Gasteiger partial charge is 0.270 e. The Morgan fingerprint density at radius 1 is 1.29 bits per heavy atom. The summed E-state index contributed by atoms with van der Waals surface area (Å²) >= 11 is 0. The summed E-state index contributed by atoms with van der Waals surface area (Å²) in [5.41, 5.74) is 0. The molecule has 6 nitrogen and oxygen atoms in total. The fraction of sp³-hybridized carbons (Fsp3) is 0.875. The lowest BCUT2D eigenvalue weighted by Crippen LogP contribution is -2.36. The quantitative estimate of drug-likeness (QED) is 0.591. The van der Waals surface area contributed by atoms with Crippen molar-refractivity contribution in [1.29, 1.82) is 0 Å². The average molecular weight is 204 g/mol. The zero-order chi connectivity index (χ0) is 10.6. The minimum absolute atomic E-state index is 0.0913. The molecule has 0 aliphatic carbocycles. The van der Waals surface area contributed by atoms with E-state index in [1.165, 1.54) is 7.11 Å². The Hall–Kier alpha value is -0.690. The lowest BCUT2D eigenvalue weighted by molar-refractivity contribution is -0.143. The summed E-state index contributed by atoms with van der Waals surface area (Å²) in [4.78, 5) is 15.0. The summed E-state index contributed by atoms with van der Waals surface area (Å²) in [6, 6.07) is 0. The van der Waals surface area contributed by atoms with Gasteiger partial charge in [-0.05, 0) is 0 Å². The van der Waals surface area contributed by atoms with E-state index in [1.54, 1.807) is 24.0 Å². The summed E-state index contributed by atoms with van der Waals surface area (Å²) in [5.74, 6) is -0.0913. The highest BCUT2D eigenvalue weighted by atomic mass is 16.5. The Kier molecular flexibility index (Phi) is 4.27. The molecule has 1 fully saturated rings. The zero-order valence-electron chi connectivity index (χ0n) is 8.73. The summed E-state index contributed by atoms with van der Waals surface area (Å²) in [6.45, 7) is 1.11. The van der Waals surface area contributed by atoms with E-state index in [1.807, 2.05) is 0 Å². The Balaban J connectivity index is 2.58. The first-order valence-corrected chi connectivity index (χ1v) is 4.28. The topological polar surface area (TPSA) is 51.2 Å². The Labute approximate surface area is 83.3 Å². The van der Waals surface area contributed by atoms with Gasteiger partial charge in [-0.2, -0.15) is 0 Å². The number of methoxy groups -OCH3 is 3. The van der Waals surface area contributed by atoms with E-state index in [-0.39, 0.29) is 12.6 Å². The monoisotopic (exact) mass is 204 g/mol. The number of hydrogen-bond donors (Lipinski definition) is 0. The molecule has 0 bridgehead atoms. The van der Waals surface area contributed by atoms with E-state index in [9.17, 15) is 4.79 Å². The van der Waals surface area contributed by atoms with Gasteiger partial charge in [0.25, 0.3) is 5.91 Å². The van der Waals surface area contributed by atoms with Crippen molar-refractivity contribution in [2.45, 2.75) is 6.23 Å². The molecule has 0 spiro atoms. The molecule has 0 saturated carbocycles. The maximum atomic E-state index is 11.6. The molecule has 82 valence electrons. The van der Waals surface area contributed by atoms with E-state index in [4.69, 9.17) is 14.2 Å². The predicted octanol–water partition coefficient (Wildman–Crippen LogP) is -0.732. The molecule has 1 atom stereocenters. The average Bonchev–Trinajstić information content (AvgIpc) is 2.45. The third-order valence-electron chi connectivity index (χ3n) is 2.01. The van der Waals surface area contributed by atoms with Gasteiger partial charge in [-0.15, -0.1) is 0 Å². The Morgan fingerprint density at radius 3 is 2.43 bits per heavy atom. The van der Waals surface area contributed by atoms with Crippen LogP contribution in [0.25, 0.3) is 0 Å². The van der Waals surface area contributed by atoms with Crippen molar-refractivity contribution in [2.24, 2.45) is 0 Å². The van der Waals surface area contributed by atoms with Crippen LogP contribution in [0, 0.1) is 0 Å². The molecule has 0 aromatic heterocycles. The molecule has 0 aromatic rings. The molecule has 1 aliphatic heterocycles. The van der Waals surface area contributed by atoms with Gasteiger partial charge >= 0.3 is 0 Å². The van der Waals surface area contributed by atoms with Crippen molar-refractivity contribution in [3.05, 3.63) is 0 Å². The van der Waals surface area contributed by atoms with E-state index in [2.05, 4.69) is 0 Å². The fourth-order valence-corrected chi connectivity index (χ4v) is 1.46. The van der Waals surface area contributed by atoms with Crippen molar-refractivity contribution in [3.63, 3.8) is 0 Å². The van der Waals surface area contributed by atoms with E-state index in [0.29, 0.717) is 13.4 Å². The summed E-state index contributed by atoms with van der Waals surface area (Å²) < 4.78 is 14.9. The molecular formula is C8H16N2O4. The van der Waals surface area contributed by atoms with E-state index < -0.39 is 6.23 Å². The molecule has 6 heteroatoms. The number of carbonyl (C=O) groups is 1. The maximum Gasteiger partial charge on any atom is 0.270 e. The normalized spacial score (nSPS) is 23.5. The van der Waals surface area contributed by atoms with Crippen molar-refractivity contribution in [1.82, 2.24) is 9.80 Å². The van der Waals surface area contributed by atoms with E-state index >= 15 is 0 Å². The number of amides is 1. The van der Waals surface area contributed by atoms with Crippen molar-refractivity contribution in [3.8, 4) is 0 Å². The summed E-state index contributed by atoms with van der Waals surface area (Å²) in [7, 11) is 4.63. The van der Waals surface area contributed by atoms with Gasteiger partial charge in [0.1, 0.15) is 13.5 Å². The highest BCUT2D eigenvalue weighted by Gasteiger charge is 2.38. The van der Waals surface area contributed by atoms with Crippen molar-refractivity contribution in [2.75, 3.05) is 41.5 Å². The first-order chi connectivity index (χ1) is 6.74. The third-order valence-corrected chi connectivity index (χ3v) is 2.01. The highest BCUT2D eigenvalue weighted by molar-refractivity contribution is 5.82. The molecule has 0 aromatic carbocycles. The third kappa shape index (κ3) is 2.21. The number of ether oxygens (including phenoxy) is 3. The van der Waals surface area contributed by atoms with Gasteiger partial charge in [0, 0.05) is 21.3 Å². The molecule has 1 rings (SSSR count). The molecule has 1 unspecified atom stereocenters. The molecule has 1 saturated heterocycles. The van der Waals surface area contributed by atoms with Gasteiger partial charge in [-0.3, -0.25) is 4.79 Å². The number of hydrogen-bond acceptors (Lipinski definition) is 5. The van der Waals surface area contributed by atoms with Crippen LogP contribution in [0.1, 0.15) is 0 Å². The Bertz CT molecular complexity index is 200. The zero-order valence-corrected chi connectivity index (χ0v) is 8.73. The lowest BCUT2D eigenvalue weighted by atomic mass is 10.5. The first kappa shape index (κ1) is 11.4. The maximum absolute atomic E-state index is 11.6. The van der Waals surface area contributed by atoms with Crippen LogP contribution in [0.15, 0.2) is 0 Å². The van der Waals surface area contributed by atoms with Crippen LogP contribution in [0.4, 0.5) is 0 Å². The molecule has 1 amide bonds. The second-order valence-corrected chi connectivity index (χ2v) is 3.03. The summed E-state index contributed by atoms with van der Waals surface area (Å²) in [5, 5.41) is 0. The van der Waals surface area contributed by atoms with Crippen LogP contribution in [0.5, 0.6) is 0 Å². The van der Waals surface area contributed by atoms with Crippen molar-refractivity contribution >= 4 is 5.91 Å². The summed E-state index contributed by atoms with van der Waals surface area (Å²) in [6.07, 6.45) is -0.551. The molecule has 0 N–H and O–H groups in total. The van der Waals surface area contributed by atoms with Crippen molar-refractivity contribution < 1.29 is 19.0 Å². The number of carbonyl (C=O) groups excluding carboxylic acids is 1. The number of rotatable bonds is 5. The lowest BCUT2D eigenvalue weighted by Gasteiger charge is -2.18. The van der Waals surface area contributed by atoms with Gasteiger partial charge in [0.2, 0.25) is 0 Å². The fourth-order valence-electron chi connectivity index (χ4n) is 1.46. The largest absolute Gasteiger partial charge is 0.369 e. The van der Waals surface area contributed by atoms with Crippen LogP contribution in [0.2, 0.25) is 0 Å². The Morgan fingerprint density at radius 2 is 1.93 bits per heavy atom. The molecule has 1 aliphatic rings. The predicted molar refractivity (Wildman–Crippen MR) is 48.1 cm³/mol. The number of nitrogens with zero attached hydrogens (tertiary/aromatic N) is 2. The molecule has 0 radical (unpaired) electrons. The molecule has 14 heavy (non-hydrogen) atoms. The van der Waals surface area contributed by atoms with Crippen LogP contribution in [-0.4, -0.2) is 63.4 Å². The van der Waals surface area contributed by atoms with Gasteiger partial charge < -0.3 is 19.1 Å². The van der Waals surface area contributed by atoms with E-state index in [0.717, 1.165) is 0 Å². The molecular weight excluding hydrogens is 188 g/mol. The van der Waals surface area contributed by atoms with Gasteiger partial charge in [-0.1, -0.05) is 0 Å². The first-order valence-electron chi connectivity index (χ1n) is 4.28. The standard InChI is InChI=1S/C8H16N2O4/c1-12-5-9-4-10(6-13-2)8(14-3)7(9)11/h8H,4-6H2,1-3H3. The van der Waals surface area contributed by atoms with Crippen LogP contribution < -0.4 is 0 Å². The molecule has 1 heterocycles. The minimum atomic E-state index is -0.551. The van der Waals surface area contributed by atoms with Gasteiger partial charge in [0.15, 0.2) is 6.23 Å². The second kappa shape index (κ2) is 5.26. The second-order valence-electron chi connectivity index (χ2n) is 3.03. The van der Waals surface area contributed by atoms with Crippen LogP contribution >= 0.6 is 0 Å². The van der Waals surface area contributed by atoms with Crippen LogP contribution in [-0.2, 0) is 19.0 Å². The highest BCUT2D eigenvalue weighted by Crippen LogP contribution is 2.14. The SMILES string of the molecule is COCN1CN(COC)C(OC)C1=O. The van der Waals surface area contributed by atoms with Crippen LogP contribution in [0.3, 0.4) is 0 Å². The van der Waals surface area contributed by atoms with Gasteiger partial charge in [0.05, 0.1) is 6.67 Å².